The van der Waals surface area contributed by atoms with Crippen LogP contribution in [0.2, 0.25) is 5.02 Å². The van der Waals surface area contributed by atoms with Crippen LogP contribution >= 0.6 is 34.8 Å². The van der Waals surface area contributed by atoms with Gasteiger partial charge < -0.3 is 47.1 Å². The molecule has 666 valence electrons. The minimum atomic E-state index is -1.37. The SMILES string of the molecule is CCCCCCCCCCCCCCCCC.CCCCCCCCN(CCCCCCCC)C(=N)N.CCCCCCCCN(CCCCCCCC)c1ncc(Cl)cn1.CCCCCCCCN(CCCCCCCC)c1ncc(Nc2cccc3ccccc23)cn1.N#CN.Nc1cccc2ccccc12.O=C1OC(O)C(Cl)=C1Cl. The number of carbonyl (C=O) groups is 1. The third-order valence-corrected chi connectivity index (χ3v) is 22.3. The number of aliphatic hydroxyl groups is 1. The normalized spacial score (nSPS) is 11.9. The van der Waals surface area contributed by atoms with E-state index in [9.17, 15) is 4.79 Å². The minimum Gasteiger partial charge on any atom is -0.426 e. The minimum absolute atomic E-state index is 0.151. The van der Waals surface area contributed by atoms with Gasteiger partial charge in [0.25, 0.3) is 0 Å². The van der Waals surface area contributed by atoms with E-state index in [1.807, 2.05) is 42.7 Å². The van der Waals surface area contributed by atoms with Crippen molar-refractivity contribution in [2.24, 2.45) is 11.5 Å². The van der Waals surface area contributed by atoms with Crippen molar-refractivity contribution in [1.29, 1.82) is 10.7 Å². The second-order valence-electron chi connectivity index (χ2n) is 31.8. The molecule has 4 aromatic carbocycles. The van der Waals surface area contributed by atoms with Gasteiger partial charge in [-0.15, -0.1) is 0 Å². The zero-order chi connectivity index (χ0) is 86.4. The average Bonchev–Trinajstić information content (AvgIpc) is 0.926. The molecule has 1 aliphatic heterocycles. The molecule has 118 heavy (non-hydrogen) atoms. The summed E-state index contributed by atoms with van der Waals surface area (Å²) < 4.78 is 4.16. The lowest BCUT2D eigenvalue weighted by molar-refractivity contribution is -0.150. The third kappa shape index (κ3) is 57.6. The summed E-state index contributed by atoms with van der Waals surface area (Å²) in [6.45, 7) is 24.3. The third-order valence-electron chi connectivity index (χ3n) is 21.3. The lowest BCUT2D eigenvalue weighted by Gasteiger charge is -2.23. The van der Waals surface area contributed by atoms with E-state index in [4.69, 9.17) is 72.0 Å². The molecule has 7 rings (SSSR count). The zero-order valence-electron chi connectivity index (χ0n) is 75.5. The van der Waals surface area contributed by atoms with Crippen molar-refractivity contribution in [1.82, 2.24) is 24.8 Å². The fourth-order valence-electron chi connectivity index (χ4n) is 14.1. The van der Waals surface area contributed by atoms with Gasteiger partial charge in [-0.2, -0.15) is 5.26 Å². The molecule has 3 heterocycles. The monoisotopic (exact) mass is 1690 g/mol. The number of nitrogens with one attached hydrogen (secondary N) is 2. The largest absolute Gasteiger partial charge is 0.426 e. The number of nitriles is 1. The number of anilines is 5. The van der Waals surface area contributed by atoms with Gasteiger partial charge in [0, 0.05) is 61.4 Å². The number of hydrogen-bond acceptors (Lipinski definition) is 14. The van der Waals surface area contributed by atoms with Crippen molar-refractivity contribution in [3.63, 3.8) is 0 Å². The van der Waals surface area contributed by atoms with Crippen LogP contribution in [0.25, 0.3) is 21.5 Å². The Morgan fingerprint density at radius 3 is 0.983 bits per heavy atom. The highest BCUT2D eigenvalue weighted by Gasteiger charge is 2.30. The van der Waals surface area contributed by atoms with E-state index >= 15 is 0 Å². The fraction of sp³-hybridized carbons (Fsp3) is 0.667. The van der Waals surface area contributed by atoms with Crippen LogP contribution in [0.5, 0.6) is 0 Å². The second kappa shape index (κ2) is 78.9. The highest BCUT2D eigenvalue weighted by molar-refractivity contribution is 6.48. The molecule has 6 aromatic rings. The Bertz CT molecular complexity index is 3310. The van der Waals surface area contributed by atoms with Gasteiger partial charge in [-0.25, -0.2) is 24.7 Å². The molecule has 19 heteroatoms. The average molecular weight is 1690 g/mol. The lowest BCUT2D eigenvalue weighted by Crippen LogP contribution is -2.37. The molecule has 0 saturated heterocycles. The van der Waals surface area contributed by atoms with E-state index < -0.39 is 12.3 Å². The summed E-state index contributed by atoms with van der Waals surface area (Å²) >= 11 is 16.4. The van der Waals surface area contributed by atoms with Crippen LogP contribution in [0.15, 0.2) is 120 Å². The topological polar surface area (TPSA) is 246 Å². The molecule has 0 radical (unpaired) electrons. The Labute approximate surface area is 734 Å². The van der Waals surface area contributed by atoms with Crippen LogP contribution in [0.1, 0.15) is 383 Å². The van der Waals surface area contributed by atoms with E-state index in [0.717, 1.165) is 73.6 Å². The number of unbranched alkanes of at least 4 members (excludes halogenated alkanes) is 44. The van der Waals surface area contributed by atoms with Crippen LogP contribution in [-0.4, -0.2) is 87.4 Å². The van der Waals surface area contributed by atoms with E-state index in [0.29, 0.717) is 5.02 Å². The Kier molecular flexibility index (Phi) is 73.1. The number of aliphatic hydroxyl groups excluding tert-OH is 1. The van der Waals surface area contributed by atoms with Crippen molar-refractivity contribution < 1.29 is 14.6 Å². The fourth-order valence-corrected chi connectivity index (χ4v) is 14.4. The van der Waals surface area contributed by atoms with Crippen molar-refractivity contribution in [3.8, 4) is 6.19 Å². The number of cyclic esters (lactones) is 1. The molecule has 0 amide bonds. The Morgan fingerprint density at radius 1 is 0.424 bits per heavy atom. The summed E-state index contributed by atoms with van der Waals surface area (Å²) in [5.74, 6) is 1.17. The molecular formula is C99H166Cl3N13O3. The first-order valence-corrected chi connectivity index (χ1v) is 48.2. The van der Waals surface area contributed by atoms with Crippen LogP contribution in [0, 0.1) is 16.9 Å². The van der Waals surface area contributed by atoms with E-state index in [1.54, 1.807) is 12.4 Å². The van der Waals surface area contributed by atoms with Gasteiger partial charge in [0.1, 0.15) is 10.1 Å². The van der Waals surface area contributed by atoms with Crippen molar-refractivity contribution >= 4 is 97.2 Å². The lowest BCUT2D eigenvalue weighted by atomic mass is 10.0. The number of halogens is 3. The Balaban J connectivity index is 0.000000736. The summed E-state index contributed by atoms with van der Waals surface area (Å²) in [6.07, 6.45) is 76.3. The highest BCUT2D eigenvalue weighted by atomic mass is 35.5. The number of benzene rings is 4. The summed E-state index contributed by atoms with van der Waals surface area (Å²) in [6, 6.07) is 28.8. The molecule has 1 aliphatic rings. The summed E-state index contributed by atoms with van der Waals surface area (Å²) in [5, 5.41) is 31.9. The number of nitrogen functional groups attached to an aromatic ring is 1. The number of aromatic nitrogens is 4. The maximum Gasteiger partial charge on any atom is 0.353 e. The molecule has 16 nitrogen and oxygen atoms in total. The van der Waals surface area contributed by atoms with E-state index in [2.05, 4.69) is 150 Å². The van der Waals surface area contributed by atoms with Gasteiger partial charge >= 0.3 is 5.97 Å². The number of hydrogen-bond donors (Lipinski definition) is 6. The summed E-state index contributed by atoms with van der Waals surface area (Å²) in [7, 11) is 0. The Morgan fingerprint density at radius 2 is 0.695 bits per heavy atom. The maximum absolute atomic E-state index is 10.3. The van der Waals surface area contributed by atoms with Gasteiger partial charge in [0.05, 0.1) is 35.5 Å². The predicted octanol–water partition coefficient (Wildman–Crippen LogP) is 29.7. The van der Waals surface area contributed by atoms with Gasteiger partial charge in [0.2, 0.25) is 18.2 Å². The second-order valence-corrected chi connectivity index (χ2v) is 33.0. The first kappa shape index (κ1) is 109. The van der Waals surface area contributed by atoms with Crippen molar-refractivity contribution in [3.05, 3.63) is 125 Å². The maximum atomic E-state index is 10.3. The Hall–Kier alpha value is -6.64. The highest BCUT2D eigenvalue weighted by Crippen LogP contribution is 2.29. The van der Waals surface area contributed by atoms with E-state index in [1.165, 1.54) is 350 Å². The summed E-state index contributed by atoms with van der Waals surface area (Å²) in [4.78, 5) is 35.5. The molecule has 9 N–H and O–H groups in total. The van der Waals surface area contributed by atoms with Gasteiger partial charge in [-0.3, -0.25) is 5.41 Å². The molecule has 1 unspecified atom stereocenters. The number of esters is 1. The first-order chi connectivity index (χ1) is 57.6. The van der Waals surface area contributed by atoms with Gasteiger partial charge in [0.15, 0.2) is 12.2 Å². The molecule has 2 aromatic heterocycles. The van der Waals surface area contributed by atoms with E-state index in [-0.39, 0.29) is 16.0 Å². The molecule has 0 fully saturated rings. The van der Waals surface area contributed by atoms with Gasteiger partial charge in [-0.1, -0.05) is 452 Å². The zero-order valence-corrected chi connectivity index (χ0v) is 77.7. The standard InChI is InChI=1S/C30H44N4.C20H36ClN3.C17H37N3.C17H36.C10H9N.C4H2Cl2O3.CH2N2/c1-3-5-7-9-11-15-22-34(23-16-12-10-8-6-4-2)30-31-24-27(25-32-30)33-29-21-17-19-26-18-13-14-20-28(26)29;1-3-5-7-9-11-13-15-24(16-14-12-10-8-6-4-2)20-22-17-19(21)18-23-20;1-3-5-7-9-11-13-15-20(17(18)19)16-14-12-10-8-6-4-2;1-3-5-7-9-11-13-15-17-16-14-12-10-8-6-4-2;11-10-7-3-5-8-4-1-2-6-9(8)10;5-1-2(6)4(8)9-3(1)7;2-1-3/h13-14,17-21,24-25,33H,3-12,15-16,22-23H2,1-2H3;17-18H,3-16H2,1-2H3;3-16H2,1-2H3,(H3,18,19);3-17H2,1-2H3;1-7H,11H2;3,7H;2H2. The molecule has 1 atom stereocenters. The van der Waals surface area contributed by atoms with Crippen LogP contribution in [0.3, 0.4) is 0 Å². The number of rotatable bonds is 60. The number of fused-ring (bicyclic) bond motifs is 2. The molecular weight excluding hydrogens is 1530 g/mol. The van der Waals surface area contributed by atoms with Crippen LogP contribution in [-0.2, 0) is 9.53 Å². The number of carbonyl (C=O) groups excluding carboxylic acids is 1. The van der Waals surface area contributed by atoms with Crippen LogP contribution in [0.4, 0.5) is 29.0 Å². The predicted molar refractivity (Wildman–Crippen MR) is 514 cm³/mol. The molecule has 0 aliphatic carbocycles. The number of nitrogens with two attached hydrogens (primary N) is 3. The number of guanidine groups is 1. The van der Waals surface area contributed by atoms with Crippen LogP contribution < -0.4 is 32.3 Å². The molecule has 0 saturated carbocycles. The smallest absolute Gasteiger partial charge is 0.353 e. The first-order valence-electron chi connectivity index (χ1n) is 47.0. The summed E-state index contributed by atoms with van der Waals surface area (Å²) in [5.41, 5.74) is 18.4. The van der Waals surface area contributed by atoms with Gasteiger partial charge in [-0.05, 0) is 61.4 Å². The molecule has 0 bridgehead atoms. The van der Waals surface area contributed by atoms with Crippen molar-refractivity contribution in [2.75, 3.05) is 60.1 Å². The number of ether oxygens (including phenoxy) is 1. The van der Waals surface area contributed by atoms with Crippen molar-refractivity contribution in [2.45, 2.75) is 389 Å². The molecule has 0 spiro atoms. The quantitative estimate of drug-likeness (QED) is 0.00395. The number of nitrogens with zero attached hydrogens (tertiary/aromatic N) is 8.